The van der Waals surface area contributed by atoms with Crippen LogP contribution in [0, 0.1) is 24.0 Å². The maximum atomic E-state index is 12.2. The Bertz CT molecular complexity index is 828. The van der Waals surface area contributed by atoms with E-state index >= 15 is 0 Å². The Morgan fingerprint density at radius 2 is 2.20 bits per heavy atom. The van der Waals surface area contributed by atoms with Crippen molar-refractivity contribution in [3.05, 3.63) is 51.3 Å². The predicted molar refractivity (Wildman–Crippen MR) is 91.8 cm³/mol. The summed E-state index contributed by atoms with van der Waals surface area (Å²) in [5.74, 6) is 0.248. The minimum atomic E-state index is -0.741. The third kappa shape index (κ3) is 4.00. The molecule has 0 aliphatic carbocycles. The van der Waals surface area contributed by atoms with Crippen LogP contribution in [0.25, 0.3) is 0 Å². The molecular weight excluding hydrogens is 326 g/mol. The zero-order valence-corrected chi connectivity index (χ0v) is 14.4. The van der Waals surface area contributed by atoms with Crippen molar-refractivity contribution in [3.63, 3.8) is 0 Å². The quantitative estimate of drug-likeness (QED) is 0.490. The van der Waals surface area contributed by atoms with E-state index in [9.17, 15) is 14.9 Å². The summed E-state index contributed by atoms with van der Waals surface area (Å²) in [6.07, 6.45) is 1.48. The number of benzene rings is 1. The summed E-state index contributed by atoms with van der Waals surface area (Å²) in [7, 11) is 1.56. The third-order valence-electron chi connectivity index (χ3n) is 3.70. The van der Waals surface area contributed by atoms with E-state index in [1.807, 2.05) is 6.07 Å². The number of nitrogens with one attached hydrogen (secondary N) is 1. The summed E-state index contributed by atoms with van der Waals surface area (Å²) < 4.78 is 6.43. The van der Waals surface area contributed by atoms with Crippen molar-refractivity contribution in [3.8, 4) is 5.75 Å². The number of methoxy groups -OCH3 is 1. The molecule has 0 saturated heterocycles. The summed E-state index contributed by atoms with van der Waals surface area (Å²) in [5, 5.41) is 19.0. The zero-order chi connectivity index (χ0) is 18.6. The highest BCUT2D eigenvalue weighted by molar-refractivity contribution is 5.84. The molecule has 2 aromatic rings. The Labute approximate surface area is 144 Å². The molecular formula is C16H19N5O4. The van der Waals surface area contributed by atoms with Crippen LogP contribution in [0.2, 0.25) is 0 Å². The summed E-state index contributed by atoms with van der Waals surface area (Å²) in [5.41, 5.74) is 3.67. The average molecular weight is 345 g/mol. The maximum Gasteiger partial charge on any atom is 0.312 e. The number of hydrazone groups is 1. The first-order chi connectivity index (χ1) is 11.8. The second kappa shape index (κ2) is 7.56. The molecule has 9 nitrogen and oxygen atoms in total. The summed E-state index contributed by atoms with van der Waals surface area (Å²) in [6, 6.07) is 6.44. The van der Waals surface area contributed by atoms with Gasteiger partial charge in [-0.15, -0.1) is 0 Å². The maximum absolute atomic E-state index is 12.2. The lowest BCUT2D eigenvalue weighted by atomic mass is 10.2. The Morgan fingerprint density at radius 3 is 2.80 bits per heavy atom. The molecule has 0 fully saturated rings. The molecule has 0 spiro atoms. The smallest absolute Gasteiger partial charge is 0.312 e. The number of amides is 1. The molecule has 1 heterocycles. The molecule has 1 unspecified atom stereocenters. The van der Waals surface area contributed by atoms with Crippen molar-refractivity contribution in [2.45, 2.75) is 26.8 Å². The van der Waals surface area contributed by atoms with Gasteiger partial charge in [0.05, 0.1) is 18.2 Å². The number of carbonyl (C=O) groups excluding carboxylic acids is 1. The highest BCUT2D eigenvalue weighted by Crippen LogP contribution is 2.24. The van der Waals surface area contributed by atoms with Crippen molar-refractivity contribution < 1.29 is 14.5 Å². The molecule has 0 bridgehead atoms. The lowest BCUT2D eigenvalue weighted by Crippen LogP contribution is -2.28. The molecule has 1 atom stereocenters. The summed E-state index contributed by atoms with van der Waals surface area (Å²) in [6.45, 7) is 4.69. The van der Waals surface area contributed by atoms with Crippen LogP contribution in [-0.2, 0) is 4.79 Å². The standard InChI is InChI=1S/C16H19N5O4/c1-10-15(21(23)24)11(2)20(19-10)12(3)16(22)18-17-9-13-6-5-7-14(8-13)25-4/h5-9,12H,1-4H3,(H,18,22)/b17-9+. The van der Waals surface area contributed by atoms with Crippen LogP contribution in [0.15, 0.2) is 29.4 Å². The molecule has 0 aliphatic rings. The molecule has 1 amide bonds. The minimum Gasteiger partial charge on any atom is -0.497 e. The fraction of sp³-hybridized carbons (Fsp3) is 0.312. The molecule has 2 rings (SSSR count). The number of aryl methyl sites for hydroxylation is 1. The molecule has 0 aliphatic heterocycles. The predicted octanol–water partition coefficient (Wildman–Crippen LogP) is 2.13. The molecule has 25 heavy (non-hydrogen) atoms. The van der Waals surface area contributed by atoms with Gasteiger partial charge in [0.25, 0.3) is 5.91 Å². The van der Waals surface area contributed by atoms with Crippen molar-refractivity contribution in [2.75, 3.05) is 7.11 Å². The number of rotatable bonds is 6. The first-order valence-corrected chi connectivity index (χ1v) is 7.52. The minimum absolute atomic E-state index is 0.0838. The second-order valence-corrected chi connectivity index (χ2v) is 5.41. The van der Waals surface area contributed by atoms with Gasteiger partial charge in [-0.1, -0.05) is 12.1 Å². The molecule has 1 aromatic heterocycles. The van der Waals surface area contributed by atoms with Gasteiger partial charge in [0.15, 0.2) is 0 Å². The van der Waals surface area contributed by atoms with Gasteiger partial charge in [-0.2, -0.15) is 10.2 Å². The number of carbonyl (C=O) groups is 1. The number of nitrogens with zero attached hydrogens (tertiary/aromatic N) is 4. The van der Waals surface area contributed by atoms with Crippen molar-refractivity contribution in [1.82, 2.24) is 15.2 Å². The van der Waals surface area contributed by atoms with Crippen molar-refractivity contribution >= 4 is 17.8 Å². The van der Waals surface area contributed by atoms with Gasteiger partial charge in [0.1, 0.15) is 23.2 Å². The monoisotopic (exact) mass is 345 g/mol. The lowest BCUT2D eigenvalue weighted by molar-refractivity contribution is -0.386. The SMILES string of the molecule is COc1cccc(/C=N/NC(=O)C(C)n2nc(C)c([N+](=O)[O-])c2C)c1. The van der Waals surface area contributed by atoms with Crippen molar-refractivity contribution in [1.29, 1.82) is 0 Å². The van der Waals surface area contributed by atoms with E-state index in [4.69, 9.17) is 4.74 Å². The number of hydrogen-bond donors (Lipinski definition) is 1. The largest absolute Gasteiger partial charge is 0.497 e. The Balaban J connectivity index is 2.09. The highest BCUT2D eigenvalue weighted by Gasteiger charge is 2.26. The molecule has 0 radical (unpaired) electrons. The van der Waals surface area contributed by atoms with Crippen LogP contribution in [-0.4, -0.2) is 33.9 Å². The number of aromatic nitrogens is 2. The number of nitro groups is 1. The number of ether oxygens (including phenoxy) is 1. The van der Waals surface area contributed by atoms with Gasteiger partial charge >= 0.3 is 5.69 Å². The highest BCUT2D eigenvalue weighted by atomic mass is 16.6. The zero-order valence-electron chi connectivity index (χ0n) is 14.4. The van der Waals surface area contributed by atoms with Crippen LogP contribution < -0.4 is 10.2 Å². The van der Waals surface area contributed by atoms with Gasteiger partial charge in [-0.25, -0.2) is 5.43 Å². The van der Waals surface area contributed by atoms with Gasteiger partial charge in [-0.05, 0) is 38.5 Å². The lowest BCUT2D eigenvalue weighted by Gasteiger charge is -2.11. The molecule has 1 N–H and O–H groups in total. The van der Waals surface area contributed by atoms with Crippen LogP contribution in [0.5, 0.6) is 5.75 Å². The average Bonchev–Trinajstić information content (AvgIpc) is 2.88. The Kier molecular flexibility index (Phi) is 5.48. The van der Waals surface area contributed by atoms with E-state index in [0.29, 0.717) is 11.4 Å². The first-order valence-electron chi connectivity index (χ1n) is 7.52. The van der Waals surface area contributed by atoms with E-state index < -0.39 is 16.9 Å². The Hall–Kier alpha value is -3.23. The molecule has 9 heteroatoms. The summed E-state index contributed by atoms with van der Waals surface area (Å²) >= 11 is 0. The molecule has 0 saturated carbocycles. The van der Waals surface area contributed by atoms with Crippen molar-refractivity contribution in [2.24, 2.45) is 5.10 Å². The van der Waals surface area contributed by atoms with E-state index in [2.05, 4.69) is 15.6 Å². The number of hydrogen-bond acceptors (Lipinski definition) is 6. The van der Waals surface area contributed by atoms with E-state index in [1.54, 1.807) is 39.2 Å². The summed E-state index contributed by atoms with van der Waals surface area (Å²) in [4.78, 5) is 22.8. The normalized spacial score (nSPS) is 12.2. The van der Waals surface area contributed by atoms with E-state index in [-0.39, 0.29) is 11.4 Å². The first kappa shape index (κ1) is 18.1. The fourth-order valence-electron chi connectivity index (χ4n) is 2.39. The van der Waals surface area contributed by atoms with E-state index in [0.717, 1.165) is 5.56 Å². The van der Waals surface area contributed by atoms with E-state index in [1.165, 1.54) is 17.8 Å². The van der Waals surface area contributed by atoms with Gasteiger partial charge < -0.3 is 4.74 Å². The van der Waals surface area contributed by atoms with Crippen LogP contribution in [0.1, 0.15) is 29.9 Å². The topological polar surface area (TPSA) is 112 Å². The van der Waals surface area contributed by atoms with Gasteiger partial charge in [-0.3, -0.25) is 19.6 Å². The second-order valence-electron chi connectivity index (χ2n) is 5.41. The van der Waals surface area contributed by atoms with Gasteiger partial charge in [0.2, 0.25) is 0 Å². The van der Waals surface area contributed by atoms with Crippen LogP contribution >= 0.6 is 0 Å². The van der Waals surface area contributed by atoms with Crippen LogP contribution in [0.4, 0.5) is 5.69 Å². The molecule has 132 valence electrons. The van der Waals surface area contributed by atoms with Gasteiger partial charge in [0, 0.05) is 0 Å². The third-order valence-corrected chi connectivity index (χ3v) is 3.70. The fourth-order valence-corrected chi connectivity index (χ4v) is 2.39. The Morgan fingerprint density at radius 1 is 1.48 bits per heavy atom. The molecule has 1 aromatic carbocycles. The van der Waals surface area contributed by atoms with Crippen LogP contribution in [0.3, 0.4) is 0 Å².